The van der Waals surface area contributed by atoms with E-state index in [-0.39, 0.29) is 10.2 Å². The van der Waals surface area contributed by atoms with Crippen LogP contribution < -0.4 is 10.6 Å². The fraction of sp³-hybridized carbons (Fsp3) is 0.310. The lowest BCUT2D eigenvalue weighted by Gasteiger charge is -2.19. The summed E-state index contributed by atoms with van der Waals surface area (Å²) in [6, 6.07) is 21.3. The summed E-state index contributed by atoms with van der Waals surface area (Å²) in [5, 5.41) is 5.60. The van der Waals surface area contributed by atoms with Crippen LogP contribution in [0.25, 0.3) is 0 Å². The van der Waals surface area contributed by atoms with Gasteiger partial charge in [0.15, 0.2) is 0 Å². The van der Waals surface area contributed by atoms with Crippen molar-refractivity contribution >= 4 is 17.5 Å². The molecule has 34 heavy (non-hydrogen) atoms. The zero-order chi connectivity index (χ0) is 24.5. The molecular formula is C29H39FN2O2. The molecule has 3 aromatic rings. The molecule has 184 valence electrons. The number of rotatable bonds is 7. The minimum absolute atomic E-state index is 0. The van der Waals surface area contributed by atoms with Gasteiger partial charge in [0.05, 0.1) is 0 Å². The van der Waals surface area contributed by atoms with E-state index in [1.54, 1.807) is 0 Å². The van der Waals surface area contributed by atoms with Crippen LogP contribution in [0.1, 0.15) is 52.5 Å². The van der Waals surface area contributed by atoms with E-state index >= 15 is 0 Å². The Balaban J connectivity index is 0.00000127. The van der Waals surface area contributed by atoms with Gasteiger partial charge in [-0.25, -0.2) is 4.39 Å². The summed E-state index contributed by atoms with van der Waals surface area (Å²) in [6.45, 7) is 6.57. The van der Waals surface area contributed by atoms with Crippen molar-refractivity contribution in [3.05, 3.63) is 101 Å². The summed E-state index contributed by atoms with van der Waals surface area (Å²) in [4.78, 5) is 25.4. The quantitative estimate of drug-likeness (QED) is 0.398. The molecule has 0 aliphatic heterocycles. The van der Waals surface area contributed by atoms with Crippen LogP contribution in [0.15, 0.2) is 78.9 Å². The van der Waals surface area contributed by atoms with Crippen molar-refractivity contribution in [2.75, 3.05) is 5.32 Å². The van der Waals surface area contributed by atoms with E-state index in [1.807, 2.05) is 61.5 Å². The van der Waals surface area contributed by atoms with E-state index in [4.69, 9.17) is 0 Å². The molecule has 4 rings (SSSR count). The van der Waals surface area contributed by atoms with Crippen molar-refractivity contribution in [2.24, 2.45) is 11.8 Å². The van der Waals surface area contributed by atoms with Gasteiger partial charge in [0.25, 0.3) is 5.91 Å². The monoisotopic (exact) mass is 466 g/mol. The molecule has 0 radical (unpaired) electrons. The molecule has 4 nitrogen and oxygen atoms in total. The number of carbonyl (C=O) groups is 2. The fourth-order valence-electron chi connectivity index (χ4n) is 3.53. The van der Waals surface area contributed by atoms with Crippen molar-refractivity contribution in [1.82, 2.24) is 5.32 Å². The summed E-state index contributed by atoms with van der Waals surface area (Å²) >= 11 is 0. The molecule has 2 amide bonds. The van der Waals surface area contributed by atoms with Crippen LogP contribution in [-0.4, -0.2) is 17.9 Å². The highest BCUT2D eigenvalue weighted by atomic mass is 19.1. The number of benzene rings is 3. The second kappa shape index (κ2) is 12.1. The lowest BCUT2D eigenvalue weighted by Crippen LogP contribution is -2.45. The second-order valence-corrected chi connectivity index (χ2v) is 9.16. The van der Waals surface area contributed by atoms with Crippen molar-refractivity contribution in [2.45, 2.75) is 46.1 Å². The molecule has 0 spiro atoms. The average molecular weight is 467 g/mol. The van der Waals surface area contributed by atoms with Gasteiger partial charge in [-0.05, 0) is 73.6 Å². The largest absolute Gasteiger partial charge is 0.340 e. The number of aryl methyl sites for hydroxylation is 1. The Morgan fingerprint density at radius 2 is 1.56 bits per heavy atom. The third kappa shape index (κ3) is 8.14. The summed E-state index contributed by atoms with van der Waals surface area (Å²) in [5.74, 6) is 0.896. The summed E-state index contributed by atoms with van der Waals surface area (Å²) in [7, 11) is 0. The first-order valence-electron chi connectivity index (χ1n) is 11.8. The van der Waals surface area contributed by atoms with Crippen LogP contribution in [-0.2, 0) is 11.2 Å². The zero-order valence-electron chi connectivity index (χ0n) is 20.1. The van der Waals surface area contributed by atoms with E-state index in [2.05, 4.69) is 24.5 Å². The van der Waals surface area contributed by atoms with Crippen LogP contribution in [0.4, 0.5) is 10.1 Å². The zero-order valence-corrected chi connectivity index (χ0v) is 20.1. The number of amides is 2. The van der Waals surface area contributed by atoms with E-state index in [0.717, 1.165) is 23.0 Å². The minimum Gasteiger partial charge on any atom is -0.340 e. The molecule has 0 heterocycles. The number of nitrogens with one attached hydrogen (secondary N) is 2. The Kier molecular flexibility index (Phi) is 8.97. The Morgan fingerprint density at radius 3 is 2.09 bits per heavy atom. The molecule has 1 atom stereocenters. The Morgan fingerprint density at radius 1 is 0.941 bits per heavy atom. The van der Waals surface area contributed by atoms with Crippen molar-refractivity contribution in [3.63, 3.8) is 0 Å². The number of carbonyl (C=O) groups excluding carboxylic acids is 2. The Hall–Kier alpha value is -3.47. The average Bonchev–Trinajstić information content (AvgIpc) is 3.67. The first kappa shape index (κ1) is 25.2. The lowest BCUT2D eigenvalue weighted by molar-refractivity contribution is -0.118. The maximum atomic E-state index is 13.1. The van der Waals surface area contributed by atoms with Crippen molar-refractivity contribution < 1.29 is 18.3 Å². The predicted molar refractivity (Wildman–Crippen MR) is 142 cm³/mol. The van der Waals surface area contributed by atoms with Gasteiger partial charge in [-0.2, -0.15) is 0 Å². The summed E-state index contributed by atoms with van der Waals surface area (Å²) < 4.78 is 13.1. The predicted octanol–water partition coefficient (Wildman–Crippen LogP) is 6.90. The van der Waals surface area contributed by atoms with E-state index in [9.17, 15) is 14.0 Å². The fourth-order valence-corrected chi connectivity index (χ4v) is 3.53. The molecule has 3 aromatic carbocycles. The molecule has 1 saturated carbocycles. The molecule has 0 aromatic heterocycles. The molecule has 1 aliphatic rings. The van der Waals surface area contributed by atoms with Gasteiger partial charge in [0, 0.05) is 22.0 Å². The van der Waals surface area contributed by atoms with Crippen LogP contribution in [0.3, 0.4) is 0 Å². The van der Waals surface area contributed by atoms with Gasteiger partial charge in [0.2, 0.25) is 5.91 Å². The maximum absolute atomic E-state index is 13.1. The first-order valence-corrected chi connectivity index (χ1v) is 11.8. The van der Waals surface area contributed by atoms with Crippen LogP contribution in [0.2, 0.25) is 0 Å². The van der Waals surface area contributed by atoms with E-state index in [1.165, 1.54) is 37.1 Å². The lowest BCUT2D eigenvalue weighted by atomic mass is 10.0. The third-order valence-electron chi connectivity index (χ3n) is 5.89. The molecule has 1 fully saturated rings. The second-order valence-electron chi connectivity index (χ2n) is 9.16. The smallest absolute Gasteiger partial charge is 0.251 e. The van der Waals surface area contributed by atoms with Gasteiger partial charge < -0.3 is 10.6 Å². The molecule has 1 aliphatic carbocycles. The highest BCUT2D eigenvalue weighted by Gasteiger charge is 2.24. The summed E-state index contributed by atoms with van der Waals surface area (Å²) in [6.07, 6.45) is 3.33. The van der Waals surface area contributed by atoms with Gasteiger partial charge in [0.1, 0.15) is 11.9 Å². The van der Waals surface area contributed by atoms with E-state index in [0.29, 0.717) is 17.7 Å². The Bertz CT molecular complexity index is 1070. The maximum Gasteiger partial charge on any atom is 0.251 e. The highest BCUT2D eigenvalue weighted by molar-refractivity contribution is 6.01. The third-order valence-corrected chi connectivity index (χ3v) is 5.89. The normalized spacial score (nSPS) is 13.4. The van der Waals surface area contributed by atoms with Gasteiger partial charge in [-0.3, -0.25) is 9.59 Å². The molecular weight excluding hydrogens is 427 g/mol. The first-order chi connectivity index (χ1) is 16.3. The topological polar surface area (TPSA) is 58.2 Å². The SMILES string of the molecule is CC(C)C1CC1.Cc1ccc(NC(=O)[C@H](Cc2ccccc2)NC(=O)c2ccc(F)cc2)cc1.[HH].[HH].[HH]. The number of hydrogen-bond acceptors (Lipinski definition) is 2. The molecule has 2 N–H and O–H groups in total. The summed E-state index contributed by atoms with van der Waals surface area (Å²) in [5.41, 5.74) is 2.96. The number of hydrogen-bond donors (Lipinski definition) is 2. The minimum atomic E-state index is -0.777. The standard InChI is InChI=1S/C23H21FN2O2.C6H12.3H2/c1-16-7-13-20(14-8-16)25-23(28)21(15-17-5-3-2-4-6-17)26-22(27)18-9-11-19(24)12-10-18;1-5(2)6-3-4-6;;;/h2-14,21H,15H2,1H3,(H,25,28)(H,26,27);5-6H,3-4H2,1-2H3;3*1H/t21-;;;;/m0..../s1. The van der Waals surface area contributed by atoms with E-state index < -0.39 is 17.8 Å². The molecule has 5 heteroatoms. The Labute approximate surface area is 206 Å². The molecule has 0 bridgehead atoms. The van der Waals surface area contributed by atoms with Gasteiger partial charge in [-0.15, -0.1) is 0 Å². The van der Waals surface area contributed by atoms with Crippen molar-refractivity contribution in [1.29, 1.82) is 0 Å². The number of anilines is 1. The van der Waals surface area contributed by atoms with Gasteiger partial charge >= 0.3 is 0 Å². The van der Waals surface area contributed by atoms with Crippen LogP contribution in [0, 0.1) is 24.6 Å². The van der Waals surface area contributed by atoms with Crippen LogP contribution >= 0.6 is 0 Å². The highest BCUT2D eigenvalue weighted by Crippen LogP contribution is 2.35. The molecule has 0 unspecified atom stereocenters. The van der Waals surface area contributed by atoms with Crippen LogP contribution in [0.5, 0.6) is 0 Å². The van der Waals surface area contributed by atoms with Gasteiger partial charge in [-0.1, -0.05) is 61.9 Å². The van der Waals surface area contributed by atoms with Crippen molar-refractivity contribution in [3.8, 4) is 0 Å². The number of halogens is 1. The molecule has 0 saturated heterocycles.